The number of benzene rings is 2. The van der Waals surface area contributed by atoms with Crippen LogP contribution >= 0.6 is 0 Å². The largest absolute Gasteiger partial charge is 0.488 e. The van der Waals surface area contributed by atoms with Gasteiger partial charge in [-0.2, -0.15) is 0 Å². The highest BCUT2D eigenvalue weighted by Crippen LogP contribution is 2.33. The number of hydrogen-bond acceptors (Lipinski definition) is 5. The molecule has 2 aromatic rings. The number of nitrogen functional groups attached to an aromatic ring is 2. The molecule has 0 spiro atoms. The zero-order valence-corrected chi connectivity index (χ0v) is 16.6. The van der Waals surface area contributed by atoms with Gasteiger partial charge in [0.1, 0.15) is 12.4 Å². The fourth-order valence-electron chi connectivity index (χ4n) is 2.78. The van der Waals surface area contributed by atoms with Crippen LogP contribution in [0, 0.1) is 0 Å². The van der Waals surface area contributed by atoms with Gasteiger partial charge in [-0.05, 0) is 50.2 Å². The molecule has 0 saturated carbocycles. The van der Waals surface area contributed by atoms with Gasteiger partial charge in [-0.3, -0.25) is 4.90 Å². The van der Waals surface area contributed by atoms with Crippen LogP contribution in [-0.2, 0) is 0 Å². The average Bonchev–Trinajstić information content (AvgIpc) is 2.67. The number of anilines is 2. The minimum Gasteiger partial charge on any atom is -0.488 e. The van der Waals surface area contributed by atoms with E-state index in [0.717, 1.165) is 25.4 Å². The van der Waals surface area contributed by atoms with Gasteiger partial charge in [0.25, 0.3) is 0 Å². The number of nitrogens with zero attached hydrogens (tertiary/aromatic N) is 1. The number of nitrogens with two attached hydrogens (primary N) is 2. The summed E-state index contributed by atoms with van der Waals surface area (Å²) in [5.41, 5.74) is 12.7. The summed E-state index contributed by atoms with van der Waals surface area (Å²) in [7, 11) is 0. The molecule has 0 saturated heterocycles. The second-order valence-electron chi connectivity index (χ2n) is 6.74. The van der Waals surface area contributed by atoms with Crippen LogP contribution in [-0.4, -0.2) is 31.1 Å². The molecule has 5 nitrogen and oxygen atoms in total. The molecule has 0 fully saturated rings. The number of unbranched alkanes of at least 4 members (excludes halogenated alkanes) is 2. The van der Waals surface area contributed by atoms with Crippen molar-refractivity contribution in [2.45, 2.75) is 39.5 Å². The first-order valence-corrected chi connectivity index (χ1v) is 9.91. The molecule has 0 aliphatic rings. The Morgan fingerprint density at radius 2 is 1.48 bits per heavy atom. The van der Waals surface area contributed by atoms with Gasteiger partial charge in [-0.25, -0.2) is 0 Å². The summed E-state index contributed by atoms with van der Waals surface area (Å²) in [6.45, 7) is 8.27. The third-order valence-electron chi connectivity index (χ3n) is 4.46. The van der Waals surface area contributed by atoms with Crippen molar-refractivity contribution in [3.05, 3.63) is 42.5 Å². The van der Waals surface area contributed by atoms with Crippen molar-refractivity contribution < 1.29 is 9.47 Å². The number of rotatable bonds is 12. The Hall–Kier alpha value is -2.40. The first-order valence-electron chi connectivity index (χ1n) is 9.91. The highest BCUT2D eigenvalue weighted by atomic mass is 16.5. The fourth-order valence-corrected chi connectivity index (χ4v) is 2.78. The highest BCUT2D eigenvalue weighted by Gasteiger charge is 2.09. The maximum Gasteiger partial charge on any atom is 0.169 e. The van der Waals surface area contributed by atoms with Crippen LogP contribution in [0.3, 0.4) is 0 Å². The van der Waals surface area contributed by atoms with Gasteiger partial charge in [-0.15, -0.1) is 0 Å². The molecule has 2 rings (SSSR count). The average molecular weight is 372 g/mol. The molecular formula is C22H33N3O2. The smallest absolute Gasteiger partial charge is 0.169 e. The molecule has 0 radical (unpaired) electrons. The Labute approximate surface area is 163 Å². The molecule has 0 unspecified atom stereocenters. The van der Waals surface area contributed by atoms with E-state index in [1.807, 2.05) is 24.3 Å². The summed E-state index contributed by atoms with van der Waals surface area (Å²) >= 11 is 0. The molecular weight excluding hydrogens is 338 g/mol. The van der Waals surface area contributed by atoms with Crippen LogP contribution in [0.5, 0.6) is 17.2 Å². The van der Waals surface area contributed by atoms with Crippen LogP contribution in [0.15, 0.2) is 42.5 Å². The van der Waals surface area contributed by atoms with Crippen LogP contribution in [0.1, 0.15) is 39.5 Å². The lowest BCUT2D eigenvalue weighted by Crippen LogP contribution is -2.30. The molecule has 2 aromatic carbocycles. The SMILES string of the molecule is CCCCN(CCCC)CCOc1ccccc1Oc1ccc(N)c(N)c1. The van der Waals surface area contributed by atoms with Crippen LogP contribution in [0.25, 0.3) is 0 Å². The van der Waals surface area contributed by atoms with Gasteiger partial charge >= 0.3 is 0 Å². The Bertz CT molecular complexity index is 683. The molecule has 0 aliphatic heterocycles. The molecule has 0 heterocycles. The van der Waals surface area contributed by atoms with E-state index in [0.29, 0.717) is 29.5 Å². The van der Waals surface area contributed by atoms with Gasteiger partial charge in [-0.1, -0.05) is 38.8 Å². The Kier molecular flexibility index (Phi) is 8.78. The van der Waals surface area contributed by atoms with Crippen molar-refractivity contribution in [2.75, 3.05) is 37.7 Å². The normalized spacial score (nSPS) is 10.9. The second-order valence-corrected chi connectivity index (χ2v) is 6.74. The molecule has 4 N–H and O–H groups in total. The minimum atomic E-state index is 0.508. The van der Waals surface area contributed by atoms with E-state index < -0.39 is 0 Å². The lowest BCUT2D eigenvalue weighted by atomic mass is 10.2. The fraction of sp³-hybridized carbons (Fsp3) is 0.455. The Morgan fingerprint density at radius 3 is 2.11 bits per heavy atom. The molecule has 5 heteroatoms. The van der Waals surface area contributed by atoms with E-state index in [2.05, 4.69) is 18.7 Å². The first kappa shape index (κ1) is 20.9. The van der Waals surface area contributed by atoms with Gasteiger partial charge in [0, 0.05) is 12.6 Å². The Morgan fingerprint density at radius 1 is 0.815 bits per heavy atom. The second kappa shape index (κ2) is 11.3. The monoisotopic (exact) mass is 371 g/mol. The maximum absolute atomic E-state index is 6.03. The van der Waals surface area contributed by atoms with Gasteiger partial charge < -0.3 is 20.9 Å². The summed E-state index contributed by atoms with van der Waals surface area (Å²) in [5.74, 6) is 2.06. The van der Waals surface area contributed by atoms with Crippen molar-refractivity contribution in [1.29, 1.82) is 0 Å². The van der Waals surface area contributed by atoms with E-state index in [-0.39, 0.29) is 0 Å². The summed E-state index contributed by atoms with van der Waals surface area (Å²) in [4.78, 5) is 2.48. The maximum atomic E-state index is 6.03. The molecule has 0 bridgehead atoms. The van der Waals surface area contributed by atoms with Gasteiger partial charge in [0.15, 0.2) is 11.5 Å². The predicted octanol–water partition coefficient (Wildman–Crippen LogP) is 4.92. The zero-order chi connectivity index (χ0) is 19.5. The number of ether oxygens (including phenoxy) is 2. The summed E-state index contributed by atoms with van der Waals surface area (Å²) in [5, 5.41) is 0. The molecule has 0 aliphatic carbocycles. The molecule has 148 valence electrons. The third kappa shape index (κ3) is 7.02. The Balaban J connectivity index is 1.95. The van der Waals surface area contributed by atoms with E-state index in [9.17, 15) is 0 Å². The first-order chi connectivity index (χ1) is 13.1. The number of hydrogen-bond donors (Lipinski definition) is 2. The van der Waals surface area contributed by atoms with Crippen molar-refractivity contribution in [2.24, 2.45) is 0 Å². The number of para-hydroxylation sites is 2. The van der Waals surface area contributed by atoms with Crippen LogP contribution < -0.4 is 20.9 Å². The van der Waals surface area contributed by atoms with Gasteiger partial charge in [0.2, 0.25) is 0 Å². The molecule has 0 atom stereocenters. The highest BCUT2D eigenvalue weighted by molar-refractivity contribution is 5.65. The third-order valence-corrected chi connectivity index (χ3v) is 4.46. The molecule has 27 heavy (non-hydrogen) atoms. The lowest BCUT2D eigenvalue weighted by Gasteiger charge is -2.22. The van der Waals surface area contributed by atoms with Crippen molar-refractivity contribution in [3.8, 4) is 17.2 Å². The standard InChI is InChI=1S/C22H33N3O2/c1-3-5-13-25(14-6-4-2)15-16-26-21-9-7-8-10-22(21)27-18-11-12-19(23)20(24)17-18/h7-12,17H,3-6,13-16,23-24H2,1-2H3. The van der Waals surface area contributed by atoms with Crippen molar-refractivity contribution in [1.82, 2.24) is 4.90 Å². The summed E-state index contributed by atoms with van der Waals surface area (Å²) in [6.07, 6.45) is 4.87. The van der Waals surface area contributed by atoms with Crippen LogP contribution in [0.2, 0.25) is 0 Å². The van der Waals surface area contributed by atoms with Gasteiger partial charge in [0.05, 0.1) is 11.4 Å². The van der Waals surface area contributed by atoms with E-state index in [1.54, 1.807) is 18.2 Å². The van der Waals surface area contributed by atoms with E-state index in [4.69, 9.17) is 20.9 Å². The zero-order valence-electron chi connectivity index (χ0n) is 16.6. The topological polar surface area (TPSA) is 73.7 Å². The van der Waals surface area contributed by atoms with E-state index >= 15 is 0 Å². The van der Waals surface area contributed by atoms with Crippen molar-refractivity contribution in [3.63, 3.8) is 0 Å². The lowest BCUT2D eigenvalue weighted by molar-refractivity contribution is 0.201. The van der Waals surface area contributed by atoms with Crippen molar-refractivity contribution >= 4 is 11.4 Å². The summed E-state index contributed by atoms with van der Waals surface area (Å²) < 4.78 is 12.0. The van der Waals surface area contributed by atoms with Crippen LogP contribution in [0.4, 0.5) is 11.4 Å². The molecule has 0 amide bonds. The quantitative estimate of drug-likeness (QED) is 0.518. The summed E-state index contributed by atoms with van der Waals surface area (Å²) in [6, 6.07) is 13.0. The predicted molar refractivity (Wildman–Crippen MR) is 114 cm³/mol. The van der Waals surface area contributed by atoms with E-state index in [1.165, 1.54) is 25.7 Å². The molecule has 0 aromatic heterocycles. The minimum absolute atomic E-state index is 0.508.